The predicted octanol–water partition coefficient (Wildman–Crippen LogP) is 11.7. The summed E-state index contributed by atoms with van der Waals surface area (Å²) >= 11 is 0. The fourth-order valence-corrected chi connectivity index (χ4v) is 8.01. The van der Waals surface area contributed by atoms with Gasteiger partial charge in [0.25, 0.3) is 0 Å². The Labute approximate surface area is 277 Å². The highest BCUT2D eigenvalue weighted by Gasteiger charge is 2.44. The molecule has 0 fully saturated rings. The van der Waals surface area contributed by atoms with E-state index in [1.165, 1.54) is 94.0 Å². The zero-order chi connectivity index (χ0) is 32.3. The van der Waals surface area contributed by atoms with Crippen molar-refractivity contribution < 1.29 is 4.58 Å². The summed E-state index contributed by atoms with van der Waals surface area (Å²) in [5.74, 6) is 0. The van der Waals surface area contributed by atoms with Gasteiger partial charge in [-0.3, -0.25) is 0 Å². The highest BCUT2D eigenvalue weighted by molar-refractivity contribution is 6.07. The summed E-state index contributed by atoms with van der Waals surface area (Å²) in [6.45, 7) is 12.8. The number of unbranched alkanes of at least 4 members (excludes halogenated alkanes) is 5. The van der Waals surface area contributed by atoms with Crippen molar-refractivity contribution in [3.63, 3.8) is 0 Å². The summed E-state index contributed by atoms with van der Waals surface area (Å²) < 4.78 is 2.36. The first-order chi connectivity index (χ1) is 22.3. The summed E-state index contributed by atoms with van der Waals surface area (Å²) in [5.41, 5.74) is 8.13. The summed E-state index contributed by atoms with van der Waals surface area (Å²) in [4.78, 5) is 2.60. The van der Waals surface area contributed by atoms with Crippen molar-refractivity contribution in [2.24, 2.45) is 0 Å². The fraction of sp³-hybridized carbons (Fsp3) is 0.341. The SMILES string of the molecule is CCCCCCCCN1/C(=C/C=C/C=C/C=C/C2=[N+](C)c3ccc4ccccc4c3C2(C)C)C(C)(C)c2c1ccc1ccccc21. The number of nitrogens with zero attached hydrogens (tertiary/aromatic N) is 2. The van der Waals surface area contributed by atoms with Crippen LogP contribution in [0.3, 0.4) is 0 Å². The topological polar surface area (TPSA) is 6.25 Å². The first-order valence-corrected chi connectivity index (χ1v) is 17.4. The lowest BCUT2D eigenvalue weighted by molar-refractivity contribution is -0.401. The molecule has 6 rings (SSSR count). The number of fused-ring (bicyclic) bond motifs is 6. The lowest BCUT2D eigenvalue weighted by Gasteiger charge is -2.27. The van der Waals surface area contributed by atoms with Crippen LogP contribution in [0.25, 0.3) is 21.5 Å². The lowest BCUT2D eigenvalue weighted by atomic mass is 9.79. The summed E-state index contributed by atoms with van der Waals surface area (Å²) in [7, 11) is 2.19. The third kappa shape index (κ3) is 5.79. The first-order valence-electron chi connectivity index (χ1n) is 17.4. The van der Waals surface area contributed by atoms with E-state index in [-0.39, 0.29) is 10.8 Å². The maximum absolute atomic E-state index is 2.60. The monoisotopic (exact) mass is 607 g/mol. The molecule has 0 aromatic heterocycles. The Hall–Kier alpha value is -4.17. The molecule has 2 nitrogen and oxygen atoms in total. The molecule has 0 amide bonds. The minimum Gasteiger partial charge on any atom is -0.344 e. The van der Waals surface area contributed by atoms with E-state index < -0.39 is 0 Å². The van der Waals surface area contributed by atoms with Crippen molar-refractivity contribution in [3.8, 4) is 0 Å². The second-order valence-corrected chi connectivity index (χ2v) is 14.2. The Morgan fingerprint density at radius 1 is 0.630 bits per heavy atom. The van der Waals surface area contributed by atoms with Gasteiger partial charge in [0.1, 0.15) is 7.05 Å². The van der Waals surface area contributed by atoms with Crippen molar-refractivity contribution >= 4 is 38.6 Å². The van der Waals surface area contributed by atoms with Crippen LogP contribution in [-0.2, 0) is 10.8 Å². The minimum absolute atomic E-state index is 0.0672. The van der Waals surface area contributed by atoms with Crippen molar-refractivity contribution in [1.82, 2.24) is 0 Å². The van der Waals surface area contributed by atoms with Gasteiger partial charge in [-0.2, -0.15) is 4.58 Å². The smallest absolute Gasteiger partial charge is 0.210 e. The molecule has 2 aliphatic heterocycles. The van der Waals surface area contributed by atoms with Gasteiger partial charge in [0.05, 0.1) is 5.41 Å². The van der Waals surface area contributed by atoms with Gasteiger partial charge >= 0.3 is 0 Å². The highest BCUT2D eigenvalue weighted by Crippen LogP contribution is 2.51. The van der Waals surface area contributed by atoms with E-state index in [1.807, 2.05) is 0 Å². The van der Waals surface area contributed by atoms with Crippen molar-refractivity contribution in [2.45, 2.75) is 84.0 Å². The number of hydrogen-bond donors (Lipinski definition) is 0. The Balaban J connectivity index is 1.21. The Morgan fingerprint density at radius 2 is 1.24 bits per heavy atom. The molecule has 0 N–H and O–H groups in total. The normalized spacial score (nSPS) is 18.0. The maximum atomic E-state index is 2.60. The first kappa shape index (κ1) is 31.8. The third-order valence-corrected chi connectivity index (χ3v) is 10.3. The van der Waals surface area contributed by atoms with Crippen LogP contribution in [0.5, 0.6) is 0 Å². The zero-order valence-corrected chi connectivity index (χ0v) is 28.8. The molecule has 0 aliphatic carbocycles. The molecule has 0 radical (unpaired) electrons. The predicted molar refractivity (Wildman–Crippen MR) is 201 cm³/mol. The second kappa shape index (κ2) is 13.3. The molecule has 0 spiro atoms. The molecule has 2 heterocycles. The van der Waals surface area contributed by atoms with E-state index >= 15 is 0 Å². The lowest BCUT2D eigenvalue weighted by Crippen LogP contribution is -2.27. The summed E-state index contributed by atoms with van der Waals surface area (Å²) in [5, 5.41) is 5.36. The van der Waals surface area contributed by atoms with Crippen LogP contribution in [-0.4, -0.2) is 23.9 Å². The van der Waals surface area contributed by atoms with Crippen LogP contribution in [0.1, 0.15) is 84.3 Å². The quantitative estimate of drug-likeness (QED) is 0.0934. The van der Waals surface area contributed by atoms with Crippen LogP contribution < -0.4 is 4.90 Å². The molecule has 0 saturated carbocycles. The van der Waals surface area contributed by atoms with E-state index in [2.05, 4.69) is 166 Å². The van der Waals surface area contributed by atoms with Gasteiger partial charge in [0.2, 0.25) is 5.69 Å². The van der Waals surface area contributed by atoms with Crippen LogP contribution in [0.15, 0.2) is 121 Å². The van der Waals surface area contributed by atoms with Gasteiger partial charge < -0.3 is 4.90 Å². The van der Waals surface area contributed by atoms with E-state index in [1.54, 1.807) is 0 Å². The van der Waals surface area contributed by atoms with Gasteiger partial charge in [-0.15, -0.1) is 0 Å². The molecule has 236 valence electrons. The van der Waals surface area contributed by atoms with Gasteiger partial charge in [-0.05, 0) is 65.6 Å². The molecule has 0 saturated heterocycles. The van der Waals surface area contributed by atoms with Crippen LogP contribution >= 0.6 is 0 Å². The number of benzene rings is 4. The van der Waals surface area contributed by atoms with Crippen molar-refractivity contribution in [3.05, 3.63) is 132 Å². The zero-order valence-electron chi connectivity index (χ0n) is 28.8. The number of rotatable bonds is 11. The minimum atomic E-state index is -0.0686. The molecule has 4 aromatic carbocycles. The highest BCUT2D eigenvalue weighted by atomic mass is 15.2. The molecular weight excluding hydrogens is 556 g/mol. The van der Waals surface area contributed by atoms with E-state index in [4.69, 9.17) is 0 Å². The maximum Gasteiger partial charge on any atom is 0.210 e. The van der Waals surface area contributed by atoms with Crippen LogP contribution in [0.4, 0.5) is 11.4 Å². The van der Waals surface area contributed by atoms with Gasteiger partial charge in [-0.1, -0.05) is 138 Å². The van der Waals surface area contributed by atoms with E-state index in [9.17, 15) is 0 Å². The Kier molecular flexibility index (Phi) is 9.18. The van der Waals surface area contributed by atoms with Crippen molar-refractivity contribution in [1.29, 1.82) is 0 Å². The Morgan fingerprint density at radius 3 is 1.98 bits per heavy atom. The molecule has 0 bridgehead atoms. The standard InChI is InChI=1S/C44H51N2/c1-7-8-9-10-14-21-32-46-38-31-29-34-23-18-20-25-36(34)42(38)44(4,5)40(46)27-16-13-11-12-15-26-39-43(2,3)41-35-24-19-17-22-33(35)28-30-37(41)45(39)6/h11-13,15-20,22-31H,7-10,14,21,32H2,1-6H3/q+1. The van der Waals surface area contributed by atoms with E-state index in [0.29, 0.717) is 0 Å². The van der Waals surface area contributed by atoms with Gasteiger partial charge in [0.15, 0.2) is 5.71 Å². The largest absolute Gasteiger partial charge is 0.344 e. The number of hydrogen-bond acceptors (Lipinski definition) is 1. The molecular formula is C44H51N2+. The fourth-order valence-electron chi connectivity index (χ4n) is 8.01. The molecule has 0 unspecified atom stereocenters. The molecule has 4 aromatic rings. The Bertz CT molecular complexity index is 1890. The molecule has 2 aliphatic rings. The summed E-state index contributed by atoms with van der Waals surface area (Å²) in [6.07, 6.45) is 23.4. The van der Waals surface area contributed by atoms with Crippen molar-refractivity contribution in [2.75, 3.05) is 18.5 Å². The number of allylic oxidation sites excluding steroid dienone is 8. The van der Waals surface area contributed by atoms with Gasteiger partial charge in [-0.25, -0.2) is 0 Å². The average Bonchev–Trinajstić information content (AvgIpc) is 3.40. The molecule has 46 heavy (non-hydrogen) atoms. The van der Waals surface area contributed by atoms with Crippen LogP contribution in [0.2, 0.25) is 0 Å². The third-order valence-electron chi connectivity index (χ3n) is 10.3. The molecule has 0 atom stereocenters. The van der Waals surface area contributed by atoms with E-state index in [0.717, 1.165) is 6.54 Å². The number of anilines is 1. The average molecular weight is 608 g/mol. The van der Waals surface area contributed by atoms with Gasteiger partial charge in [0, 0.05) is 41.1 Å². The summed E-state index contributed by atoms with van der Waals surface area (Å²) in [6, 6.07) is 26.8. The second-order valence-electron chi connectivity index (χ2n) is 14.2. The van der Waals surface area contributed by atoms with Crippen LogP contribution in [0, 0.1) is 0 Å². The molecule has 2 heteroatoms.